The van der Waals surface area contributed by atoms with Crippen molar-refractivity contribution in [1.82, 2.24) is 4.90 Å². The van der Waals surface area contributed by atoms with E-state index in [-0.39, 0.29) is 5.78 Å². The zero-order chi connectivity index (χ0) is 22.0. The number of allylic oxidation sites excluding steroid dienone is 2. The summed E-state index contributed by atoms with van der Waals surface area (Å²) in [4.78, 5) is 26.0. The van der Waals surface area contributed by atoms with Gasteiger partial charge in [0.1, 0.15) is 11.2 Å². The van der Waals surface area contributed by atoms with E-state index in [0.29, 0.717) is 19.4 Å². The van der Waals surface area contributed by atoms with Crippen LogP contribution in [0, 0.1) is 5.41 Å². The number of carboxylic acid groups (broad SMARTS) is 1. The van der Waals surface area contributed by atoms with E-state index in [1.54, 1.807) is 6.92 Å². The first-order valence-corrected chi connectivity index (χ1v) is 11.9. The van der Waals surface area contributed by atoms with Crippen molar-refractivity contribution in [2.24, 2.45) is 5.41 Å². The van der Waals surface area contributed by atoms with Crippen molar-refractivity contribution in [3.8, 4) is 0 Å². The number of aliphatic carboxylic acids is 1. The molecule has 0 heterocycles. The van der Waals surface area contributed by atoms with E-state index in [1.807, 2.05) is 19.0 Å². The molecule has 1 atom stereocenters. The smallest absolute Gasteiger partial charge is 0.316 e. The van der Waals surface area contributed by atoms with Crippen LogP contribution in [0.4, 0.5) is 0 Å². The van der Waals surface area contributed by atoms with Gasteiger partial charge in [0.2, 0.25) is 0 Å². The van der Waals surface area contributed by atoms with Crippen LogP contribution >= 0.6 is 0 Å². The van der Waals surface area contributed by atoms with Crippen molar-refractivity contribution < 1.29 is 14.7 Å². The Morgan fingerprint density at radius 2 is 1.31 bits per heavy atom. The first-order valence-electron chi connectivity index (χ1n) is 11.9. The fraction of sp³-hybridized carbons (Fsp3) is 0.840. The third-order valence-electron chi connectivity index (χ3n) is 5.81. The number of unbranched alkanes of at least 4 members (excludes halogenated alkanes) is 11. The Morgan fingerprint density at radius 1 is 0.828 bits per heavy atom. The van der Waals surface area contributed by atoms with E-state index in [2.05, 4.69) is 19.1 Å². The van der Waals surface area contributed by atoms with Gasteiger partial charge in [-0.3, -0.25) is 9.59 Å². The van der Waals surface area contributed by atoms with Crippen molar-refractivity contribution in [2.45, 2.75) is 110 Å². The molecule has 0 aromatic rings. The van der Waals surface area contributed by atoms with Gasteiger partial charge in [-0.25, -0.2) is 0 Å². The minimum atomic E-state index is -1.24. The summed E-state index contributed by atoms with van der Waals surface area (Å²) in [5.41, 5.74) is -1.24. The Balaban J connectivity index is 3.71. The summed E-state index contributed by atoms with van der Waals surface area (Å²) in [6.45, 7) is 4.45. The molecular weight excluding hydrogens is 362 g/mol. The second kappa shape index (κ2) is 17.7. The van der Waals surface area contributed by atoms with Crippen LogP contribution in [0.1, 0.15) is 110 Å². The zero-order valence-corrected chi connectivity index (χ0v) is 19.7. The summed E-state index contributed by atoms with van der Waals surface area (Å²) in [5.74, 6) is -1.11. The minimum absolute atomic E-state index is 0.121. The lowest BCUT2D eigenvalue weighted by molar-refractivity contribution is -0.154. The predicted octanol–water partition coefficient (Wildman–Crippen LogP) is 6.64. The van der Waals surface area contributed by atoms with E-state index in [9.17, 15) is 14.7 Å². The van der Waals surface area contributed by atoms with E-state index >= 15 is 0 Å². The van der Waals surface area contributed by atoms with Gasteiger partial charge in [0, 0.05) is 6.42 Å². The summed E-state index contributed by atoms with van der Waals surface area (Å²) >= 11 is 0. The summed E-state index contributed by atoms with van der Waals surface area (Å²) in [7, 11) is 3.80. The van der Waals surface area contributed by atoms with Gasteiger partial charge in [0.05, 0.1) is 0 Å². The van der Waals surface area contributed by atoms with Crippen LogP contribution in [0.25, 0.3) is 0 Å². The van der Waals surface area contributed by atoms with Crippen molar-refractivity contribution >= 4 is 11.8 Å². The van der Waals surface area contributed by atoms with Crippen molar-refractivity contribution in [1.29, 1.82) is 0 Å². The van der Waals surface area contributed by atoms with Crippen LogP contribution in [0.3, 0.4) is 0 Å². The van der Waals surface area contributed by atoms with E-state index in [1.165, 1.54) is 57.8 Å². The van der Waals surface area contributed by atoms with E-state index in [0.717, 1.165) is 25.7 Å². The molecule has 29 heavy (non-hydrogen) atoms. The molecule has 0 saturated heterocycles. The molecule has 1 unspecified atom stereocenters. The normalized spacial score (nSPS) is 13.8. The Kier molecular flexibility index (Phi) is 17.0. The molecule has 0 amide bonds. The van der Waals surface area contributed by atoms with Crippen LogP contribution in [-0.4, -0.2) is 42.4 Å². The first kappa shape index (κ1) is 27.8. The molecular formula is C25H47NO3. The molecule has 0 bridgehead atoms. The maximum atomic E-state index is 12.4. The highest BCUT2D eigenvalue weighted by molar-refractivity contribution is 6.02. The lowest BCUT2D eigenvalue weighted by Crippen LogP contribution is -2.39. The number of hydrogen-bond donors (Lipinski definition) is 1. The molecule has 170 valence electrons. The quantitative estimate of drug-likeness (QED) is 0.139. The molecule has 0 aliphatic heterocycles. The van der Waals surface area contributed by atoms with Crippen molar-refractivity contribution in [2.75, 3.05) is 20.6 Å². The molecule has 0 radical (unpaired) electrons. The number of Topliss-reactive ketones (excluding diaryl/α,β-unsaturated/α-hetero) is 1. The molecule has 0 aromatic heterocycles. The Labute approximate surface area is 180 Å². The molecule has 0 saturated carbocycles. The van der Waals surface area contributed by atoms with Gasteiger partial charge in [-0.1, -0.05) is 70.4 Å². The average molecular weight is 410 g/mol. The molecule has 0 spiro atoms. The highest BCUT2D eigenvalue weighted by atomic mass is 16.4. The summed E-state index contributed by atoms with van der Waals surface area (Å²) in [5, 5.41) is 9.50. The van der Waals surface area contributed by atoms with Gasteiger partial charge in [-0.2, -0.15) is 0 Å². The number of carbonyl (C=O) groups excluding carboxylic acids is 1. The van der Waals surface area contributed by atoms with Crippen LogP contribution in [0.2, 0.25) is 0 Å². The predicted molar refractivity (Wildman–Crippen MR) is 123 cm³/mol. The lowest BCUT2D eigenvalue weighted by Gasteiger charge is -2.25. The minimum Gasteiger partial charge on any atom is -0.481 e. The Hall–Kier alpha value is -1.16. The zero-order valence-electron chi connectivity index (χ0n) is 19.7. The average Bonchev–Trinajstić information content (AvgIpc) is 2.68. The number of rotatable bonds is 20. The standard InChI is InChI=1S/C25H47NO3/c1-5-6-7-8-9-10-11-12-13-14-15-16-17-18-19-20-23(27)25(2,24(28)29)21-22-26(3)4/h12-13H,5-11,14-22H2,1-4H3,(H,28,29)/b13-12-. The highest BCUT2D eigenvalue weighted by Crippen LogP contribution is 2.26. The molecule has 4 nitrogen and oxygen atoms in total. The molecule has 4 heteroatoms. The summed E-state index contributed by atoms with van der Waals surface area (Å²) < 4.78 is 0. The van der Waals surface area contributed by atoms with Crippen LogP contribution in [0.5, 0.6) is 0 Å². The monoisotopic (exact) mass is 409 g/mol. The van der Waals surface area contributed by atoms with Crippen LogP contribution in [-0.2, 0) is 9.59 Å². The molecule has 0 aliphatic carbocycles. The molecule has 0 fully saturated rings. The third-order valence-corrected chi connectivity index (χ3v) is 5.81. The number of ketones is 1. The van der Waals surface area contributed by atoms with Gasteiger partial charge in [0.15, 0.2) is 0 Å². The fourth-order valence-electron chi connectivity index (χ4n) is 3.45. The first-order chi connectivity index (χ1) is 13.8. The van der Waals surface area contributed by atoms with Gasteiger partial charge in [0.25, 0.3) is 0 Å². The maximum Gasteiger partial charge on any atom is 0.316 e. The van der Waals surface area contributed by atoms with Crippen LogP contribution in [0.15, 0.2) is 12.2 Å². The van der Waals surface area contributed by atoms with Crippen molar-refractivity contribution in [3.05, 3.63) is 12.2 Å². The van der Waals surface area contributed by atoms with Crippen LogP contribution < -0.4 is 0 Å². The Bertz CT molecular complexity index is 459. The van der Waals surface area contributed by atoms with Gasteiger partial charge in [-0.05, 0) is 66.1 Å². The van der Waals surface area contributed by atoms with Gasteiger partial charge >= 0.3 is 5.97 Å². The third kappa shape index (κ3) is 14.5. The number of carbonyl (C=O) groups is 2. The molecule has 0 aliphatic rings. The Morgan fingerprint density at radius 3 is 1.79 bits per heavy atom. The molecule has 1 N–H and O–H groups in total. The maximum absolute atomic E-state index is 12.4. The topological polar surface area (TPSA) is 57.6 Å². The second-order valence-electron chi connectivity index (χ2n) is 8.95. The fourth-order valence-corrected chi connectivity index (χ4v) is 3.45. The second-order valence-corrected chi connectivity index (χ2v) is 8.95. The van der Waals surface area contributed by atoms with E-state index in [4.69, 9.17) is 0 Å². The summed E-state index contributed by atoms with van der Waals surface area (Å²) in [6, 6.07) is 0. The van der Waals surface area contributed by atoms with Gasteiger partial charge < -0.3 is 10.0 Å². The van der Waals surface area contributed by atoms with Gasteiger partial charge in [-0.15, -0.1) is 0 Å². The molecule has 0 aromatic carbocycles. The number of carboxylic acids is 1. The van der Waals surface area contributed by atoms with Crippen molar-refractivity contribution in [3.63, 3.8) is 0 Å². The SMILES string of the molecule is CCCCCCCC/C=C\CCCCCCCC(=O)C(C)(CCN(C)C)C(=O)O. The molecule has 0 rings (SSSR count). The lowest BCUT2D eigenvalue weighted by atomic mass is 9.80. The largest absolute Gasteiger partial charge is 0.481 e. The van der Waals surface area contributed by atoms with E-state index < -0.39 is 11.4 Å². The number of nitrogens with zero attached hydrogens (tertiary/aromatic N) is 1. The summed E-state index contributed by atoms with van der Waals surface area (Å²) in [6.07, 6.45) is 21.2. The number of hydrogen-bond acceptors (Lipinski definition) is 3. The highest BCUT2D eigenvalue weighted by Gasteiger charge is 2.39.